The summed E-state index contributed by atoms with van der Waals surface area (Å²) >= 11 is 0. The van der Waals surface area contributed by atoms with Crippen LogP contribution in [0.25, 0.3) is 0 Å². The minimum Gasteiger partial charge on any atom is -0.481 e. The standard InChI is InChI=1S/C40H38N2O8/c1-3-45-35(43)25-49-39-31-13-7-14-32(39)22-28-10-6-12-30(38(28)48-20-18-42)24-34-16-8-15-33(40(34)50-26-36(44)46-4-2)23-29-11-5-9-27(21-31)37(29)47-19-17-41/h5-16H,3-4,19-26H2,1-2H3. The van der Waals surface area contributed by atoms with Crippen molar-refractivity contribution >= 4 is 11.9 Å². The molecule has 0 heterocycles. The van der Waals surface area contributed by atoms with Gasteiger partial charge in [-0.25, -0.2) is 9.59 Å². The highest BCUT2D eigenvalue weighted by atomic mass is 16.6. The first-order chi connectivity index (χ1) is 24.4. The number of hydrogen-bond donors (Lipinski definition) is 0. The molecule has 0 N–H and O–H groups in total. The van der Waals surface area contributed by atoms with Crippen LogP contribution in [-0.2, 0) is 44.7 Å². The lowest BCUT2D eigenvalue weighted by atomic mass is 9.91. The van der Waals surface area contributed by atoms with Gasteiger partial charge >= 0.3 is 11.9 Å². The molecule has 10 nitrogen and oxygen atoms in total. The van der Waals surface area contributed by atoms with Crippen molar-refractivity contribution < 1.29 is 38.0 Å². The first-order valence-electron chi connectivity index (χ1n) is 16.4. The molecule has 0 unspecified atom stereocenters. The normalized spacial score (nSPS) is 11.7. The largest absolute Gasteiger partial charge is 0.481 e. The Bertz CT molecular complexity index is 1700. The van der Waals surface area contributed by atoms with Crippen molar-refractivity contribution in [3.63, 3.8) is 0 Å². The zero-order valence-electron chi connectivity index (χ0n) is 28.2. The van der Waals surface area contributed by atoms with Gasteiger partial charge in [-0.2, -0.15) is 10.5 Å². The van der Waals surface area contributed by atoms with Crippen LogP contribution in [0.3, 0.4) is 0 Å². The van der Waals surface area contributed by atoms with Gasteiger partial charge < -0.3 is 28.4 Å². The predicted molar refractivity (Wildman–Crippen MR) is 183 cm³/mol. The van der Waals surface area contributed by atoms with Crippen LogP contribution >= 0.6 is 0 Å². The summed E-state index contributed by atoms with van der Waals surface area (Å²) in [5.41, 5.74) is 6.45. The summed E-state index contributed by atoms with van der Waals surface area (Å²) in [4.78, 5) is 24.9. The summed E-state index contributed by atoms with van der Waals surface area (Å²) < 4.78 is 34.9. The third-order valence-electron chi connectivity index (χ3n) is 8.08. The summed E-state index contributed by atoms with van der Waals surface area (Å²) in [6.45, 7) is 3.05. The van der Waals surface area contributed by atoms with E-state index in [1.54, 1.807) is 13.8 Å². The van der Waals surface area contributed by atoms with Gasteiger partial charge in [0.15, 0.2) is 26.4 Å². The highest BCUT2D eigenvalue weighted by Gasteiger charge is 2.22. The van der Waals surface area contributed by atoms with Gasteiger partial charge in [-0.1, -0.05) is 72.8 Å². The number of hydrogen-bond acceptors (Lipinski definition) is 10. The molecule has 1 aliphatic carbocycles. The summed E-state index contributed by atoms with van der Waals surface area (Å²) in [6.07, 6.45) is 1.46. The average Bonchev–Trinajstić information content (AvgIpc) is 3.10. The Morgan fingerprint density at radius 3 is 1.00 bits per heavy atom. The second-order valence-corrected chi connectivity index (χ2v) is 11.4. The number of rotatable bonds is 12. The summed E-state index contributed by atoms with van der Waals surface area (Å²) in [5, 5.41) is 19.0. The molecule has 0 saturated heterocycles. The van der Waals surface area contributed by atoms with E-state index >= 15 is 0 Å². The zero-order valence-corrected chi connectivity index (χ0v) is 28.2. The van der Waals surface area contributed by atoms with Gasteiger partial charge in [0.1, 0.15) is 35.1 Å². The van der Waals surface area contributed by atoms with E-state index in [2.05, 4.69) is 12.1 Å². The maximum Gasteiger partial charge on any atom is 0.344 e. The van der Waals surface area contributed by atoms with E-state index < -0.39 is 11.9 Å². The van der Waals surface area contributed by atoms with Gasteiger partial charge in [-0.15, -0.1) is 0 Å². The molecular weight excluding hydrogens is 636 g/mol. The molecule has 8 bridgehead atoms. The first kappa shape index (κ1) is 35.3. The quantitative estimate of drug-likeness (QED) is 0.144. The van der Waals surface area contributed by atoms with E-state index in [-0.39, 0.29) is 39.6 Å². The second-order valence-electron chi connectivity index (χ2n) is 11.4. The van der Waals surface area contributed by atoms with Crippen molar-refractivity contribution in [3.05, 3.63) is 117 Å². The maximum absolute atomic E-state index is 12.4. The van der Waals surface area contributed by atoms with E-state index in [4.69, 9.17) is 28.4 Å². The topological polar surface area (TPSA) is 137 Å². The molecule has 50 heavy (non-hydrogen) atoms. The van der Waals surface area contributed by atoms with Crippen molar-refractivity contribution in [3.8, 4) is 35.1 Å². The van der Waals surface area contributed by atoms with E-state index in [1.165, 1.54) is 0 Å². The Hall–Kier alpha value is -6.00. The molecule has 0 atom stereocenters. The predicted octanol–water partition coefficient (Wildman–Crippen LogP) is 6.05. The van der Waals surface area contributed by atoms with Crippen LogP contribution in [-0.4, -0.2) is 51.6 Å². The van der Waals surface area contributed by atoms with Crippen LogP contribution in [0.5, 0.6) is 23.0 Å². The first-order valence-corrected chi connectivity index (χ1v) is 16.4. The van der Waals surface area contributed by atoms with E-state index in [0.717, 1.165) is 44.5 Å². The average molecular weight is 675 g/mol. The van der Waals surface area contributed by atoms with Gasteiger partial charge in [0.05, 0.1) is 13.2 Å². The lowest BCUT2D eigenvalue weighted by Crippen LogP contribution is -2.17. The monoisotopic (exact) mass is 674 g/mol. The third kappa shape index (κ3) is 8.72. The van der Waals surface area contributed by atoms with Crippen molar-refractivity contribution in [2.75, 3.05) is 39.6 Å². The smallest absolute Gasteiger partial charge is 0.344 e. The van der Waals surface area contributed by atoms with Crippen LogP contribution in [0.1, 0.15) is 58.4 Å². The minimum absolute atomic E-state index is 0.164. The molecule has 0 radical (unpaired) electrons. The molecule has 0 aromatic heterocycles. The molecule has 10 heteroatoms. The van der Waals surface area contributed by atoms with Crippen LogP contribution in [0, 0.1) is 22.7 Å². The zero-order chi connectivity index (χ0) is 35.3. The summed E-state index contributed by atoms with van der Waals surface area (Å²) in [5.74, 6) is 1.20. The fraction of sp³-hybridized carbons (Fsp3) is 0.300. The molecule has 0 aliphatic heterocycles. The summed E-state index contributed by atoms with van der Waals surface area (Å²) in [7, 11) is 0. The Balaban J connectivity index is 1.72. The Morgan fingerprint density at radius 1 is 0.500 bits per heavy atom. The number of fused-ring (bicyclic) bond motifs is 8. The number of carbonyl (C=O) groups is 2. The van der Waals surface area contributed by atoms with Crippen molar-refractivity contribution in [2.24, 2.45) is 0 Å². The SMILES string of the molecule is CCOC(=O)COc1c2cccc1Cc1cccc(c1OCC#N)Cc1cccc(c1OCC(=O)OCC)Cc1cccc(c1OCC#N)C2. The minimum atomic E-state index is -0.488. The molecule has 0 spiro atoms. The van der Waals surface area contributed by atoms with Crippen LogP contribution in [0.4, 0.5) is 0 Å². The number of esters is 2. The lowest BCUT2D eigenvalue weighted by Gasteiger charge is -2.22. The fourth-order valence-corrected chi connectivity index (χ4v) is 6.10. The molecule has 5 rings (SSSR count). The van der Waals surface area contributed by atoms with E-state index in [9.17, 15) is 20.1 Å². The highest BCUT2D eigenvalue weighted by molar-refractivity contribution is 5.72. The van der Waals surface area contributed by atoms with Crippen molar-refractivity contribution in [1.29, 1.82) is 10.5 Å². The number of benzene rings is 4. The molecule has 0 saturated carbocycles. The van der Waals surface area contributed by atoms with Gasteiger partial charge in [-0.05, 0) is 58.4 Å². The Morgan fingerprint density at radius 2 is 0.760 bits per heavy atom. The number of carbonyl (C=O) groups excluding carboxylic acids is 2. The Kier molecular flexibility index (Phi) is 12.3. The molecule has 0 fully saturated rings. The van der Waals surface area contributed by atoms with Gasteiger partial charge in [-0.3, -0.25) is 0 Å². The lowest BCUT2D eigenvalue weighted by molar-refractivity contribution is -0.146. The molecule has 4 aromatic carbocycles. The number of nitriles is 2. The highest BCUT2D eigenvalue weighted by Crippen LogP contribution is 2.38. The van der Waals surface area contributed by atoms with Crippen molar-refractivity contribution in [1.82, 2.24) is 0 Å². The van der Waals surface area contributed by atoms with Crippen LogP contribution in [0.2, 0.25) is 0 Å². The van der Waals surface area contributed by atoms with Crippen LogP contribution < -0.4 is 18.9 Å². The number of ether oxygens (including phenoxy) is 6. The van der Waals surface area contributed by atoms with Gasteiger partial charge in [0, 0.05) is 25.7 Å². The second kappa shape index (κ2) is 17.4. The third-order valence-corrected chi connectivity index (χ3v) is 8.08. The van der Waals surface area contributed by atoms with Gasteiger partial charge in [0.25, 0.3) is 0 Å². The van der Waals surface area contributed by atoms with E-state index in [0.29, 0.717) is 48.7 Å². The van der Waals surface area contributed by atoms with E-state index in [1.807, 2.05) is 72.8 Å². The molecule has 1 aliphatic rings. The molecular formula is C40H38N2O8. The Labute approximate surface area is 291 Å². The molecule has 4 aromatic rings. The maximum atomic E-state index is 12.4. The number of nitrogens with zero attached hydrogens (tertiary/aromatic N) is 2. The van der Waals surface area contributed by atoms with Crippen LogP contribution in [0.15, 0.2) is 72.8 Å². The fourth-order valence-electron chi connectivity index (χ4n) is 6.10. The molecule has 0 amide bonds. The van der Waals surface area contributed by atoms with Crippen molar-refractivity contribution in [2.45, 2.75) is 39.5 Å². The number of para-hydroxylation sites is 4. The van der Waals surface area contributed by atoms with Gasteiger partial charge in [0.2, 0.25) is 0 Å². The molecule has 256 valence electrons. The summed E-state index contributed by atoms with van der Waals surface area (Å²) in [6, 6.07) is 27.4.